The average Bonchev–Trinajstić information content (AvgIpc) is 3.20. The summed E-state index contributed by atoms with van der Waals surface area (Å²) in [4.78, 5) is 27.1. The summed E-state index contributed by atoms with van der Waals surface area (Å²) >= 11 is 0. The average molecular weight is 414 g/mol. The van der Waals surface area contributed by atoms with Crippen molar-refractivity contribution in [3.05, 3.63) is 107 Å². The number of aromatic nitrogens is 2. The number of carbonyl (C=O) groups excluding carboxylic acids is 1. The third-order valence-electron chi connectivity index (χ3n) is 4.41. The van der Waals surface area contributed by atoms with Crippen LogP contribution in [0.2, 0.25) is 0 Å². The molecule has 0 atom stereocenters. The van der Waals surface area contributed by atoms with Crippen LogP contribution in [0.5, 0.6) is 5.75 Å². The van der Waals surface area contributed by atoms with Crippen LogP contribution in [0, 0.1) is 10.1 Å². The highest BCUT2D eigenvalue weighted by Crippen LogP contribution is 2.19. The SMILES string of the molecule is O=C(/C=C/c1cccc([N+](=O)[O-])c1)Nc1cccc(OCc2cn3ccccc3n2)c1. The zero-order chi connectivity index (χ0) is 21.6. The van der Waals surface area contributed by atoms with Gasteiger partial charge in [-0.3, -0.25) is 14.9 Å². The maximum absolute atomic E-state index is 12.2. The number of hydrogen-bond acceptors (Lipinski definition) is 5. The van der Waals surface area contributed by atoms with Crippen LogP contribution in [-0.4, -0.2) is 20.2 Å². The van der Waals surface area contributed by atoms with Crippen LogP contribution in [0.25, 0.3) is 11.7 Å². The Morgan fingerprint density at radius 2 is 2.00 bits per heavy atom. The van der Waals surface area contributed by atoms with Crippen molar-refractivity contribution in [3.63, 3.8) is 0 Å². The lowest BCUT2D eigenvalue weighted by molar-refractivity contribution is -0.384. The van der Waals surface area contributed by atoms with Gasteiger partial charge in [0.1, 0.15) is 18.0 Å². The van der Waals surface area contributed by atoms with E-state index < -0.39 is 4.92 Å². The number of anilines is 1. The van der Waals surface area contributed by atoms with Gasteiger partial charge < -0.3 is 14.5 Å². The number of fused-ring (bicyclic) bond motifs is 1. The first-order valence-corrected chi connectivity index (χ1v) is 9.46. The van der Waals surface area contributed by atoms with Crippen LogP contribution in [-0.2, 0) is 11.4 Å². The highest BCUT2D eigenvalue weighted by Gasteiger charge is 2.06. The summed E-state index contributed by atoms with van der Waals surface area (Å²) in [5.41, 5.74) is 2.74. The number of nitro benzene ring substituents is 1. The van der Waals surface area contributed by atoms with Crippen molar-refractivity contribution in [1.82, 2.24) is 9.38 Å². The van der Waals surface area contributed by atoms with Gasteiger partial charge in [0.05, 0.1) is 10.6 Å². The Morgan fingerprint density at radius 3 is 2.84 bits per heavy atom. The summed E-state index contributed by atoms with van der Waals surface area (Å²) in [6.45, 7) is 0.297. The maximum atomic E-state index is 12.2. The van der Waals surface area contributed by atoms with E-state index in [0.717, 1.165) is 11.3 Å². The number of amides is 1. The zero-order valence-corrected chi connectivity index (χ0v) is 16.3. The number of nitro groups is 1. The van der Waals surface area contributed by atoms with Gasteiger partial charge in [-0.1, -0.05) is 24.3 Å². The molecular formula is C23H18N4O4. The van der Waals surface area contributed by atoms with Gasteiger partial charge in [-0.05, 0) is 35.9 Å². The van der Waals surface area contributed by atoms with Gasteiger partial charge in [0.15, 0.2) is 0 Å². The van der Waals surface area contributed by atoms with Crippen molar-refractivity contribution >= 4 is 29.0 Å². The van der Waals surface area contributed by atoms with Crippen molar-refractivity contribution in [1.29, 1.82) is 0 Å². The molecule has 0 unspecified atom stereocenters. The number of benzene rings is 2. The van der Waals surface area contributed by atoms with Crippen LogP contribution in [0.4, 0.5) is 11.4 Å². The Labute approximate surface area is 177 Å². The lowest BCUT2D eigenvalue weighted by atomic mass is 10.2. The van der Waals surface area contributed by atoms with E-state index in [1.54, 1.807) is 36.4 Å². The number of imidazole rings is 1. The molecule has 0 aliphatic rings. The van der Waals surface area contributed by atoms with Gasteiger partial charge in [0.2, 0.25) is 5.91 Å². The lowest BCUT2D eigenvalue weighted by Gasteiger charge is -2.07. The van der Waals surface area contributed by atoms with E-state index in [0.29, 0.717) is 23.6 Å². The second-order valence-electron chi connectivity index (χ2n) is 6.69. The van der Waals surface area contributed by atoms with E-state index in [-0.39, 0.29) is 11.6 Å². The zero-order valence-electron chi connectivity index (χ0n) is 16.3. The van der Waals surface area contributed by atoms with Crippen molar-refractivity contribution in [2.75, 3.05) is 5.32 Å². The molecule has 31 heavy (non-hydrogen) atoms. The van der Waals surface area contributed by atoms with E-state index in [1.165, 1.54) is 24.3 Å². The molecule has 154 valence electrons. The van der Waals surface area contributed by atoms with Crippen LogP contribution in [0.15, 0.2) is 85.2 Å². The fraction of sp³-hybridized carbons (Fsp3) is 0.0435. The Morgan fingerprint density at radius 1 is 1.13 bits per heavy atom. The second-order valence-corrected chi connectivity index (χ2v) is 6.69. The number of hydrogen-bond donors (Lipinski definition) is 1. The quantitative estimate of drug-likeness (QED) is 0.273. The van der Waals surface area contributed by atoms with Crippen LogP contribution in [0.3, 0.4) is 0 Å². The minimum absolute atomic E-state index is 0.0296. The maximum Gasteiger partial charge on any atom is 0.270 e. The third-order valence-corrected chi connectivity index (χ3v) is 4.41. The third kappa shape index (κ3) is 5.13. The van der Waals surface area contributed by atoms with E-state index in [2.05, 4.69) is 10.3 Å². The minimum atomic E-state index is -0.477. The molecule has 8 heteroatoms. The monoisotopic (exact) mass is 414 g/mol. The van der Waals surface area contributed by atoms with Gasteiger partial charge in [-0.25, -0.2) is 4.98 Å². The topological polar surface area (TPSA) is 98.8 Å². The molecule has 0 bridgehead atoms. The highest BCUT2D eigenvalue weighted by atomic mass is 16.6. The van der Waals surface area contributed by atoms with E-state index in [1.807, 2.05) is 35.0 Å². The van der Waals surface area contributed by atoms with Gasteiger partial charge in [-0.15, -0.1) is 0 Å². The van der Waals surface area contributed by atoms with Gasteiger partial charge >= 0.3 is 0 Å². The molecule has 2 aromatic heterocycles. The molecule has 0 saturated heterocycles. The fourth-order valence-corrected chi connectivity index (χ4v) is 2.98. The Bertz CT molecular complexity index is 1250. The molecule has 0 aliphatic heterocycles. The minimum Gasteiger partial charge on any atom is -0.487 e. The fourth-order valence-electron chi connectivity index (χ4n) is 2.98. The first kappa shape index (κ1) is 19.8. The number of carbonyl (C=O) groups is 1. The number of ether oxygens (including phenoxy) is 1. The van der Waals surface area contributed by atoms with Crippen molar-refractivity contribution in [2.24, 2.45) is 0 Å². The predicted molar refractivity (Wildman–Crippen MR) is 117 cm³/mol. The van der Waals surface area contributed by atoms with Gasteiger partial charge in [0, 0.05) is 42.4 Å². The summed E-state index contributed by atoms with van der Waals surface area (Å²) in [6, 6.07) is 18.9. The van der Waals surface area contributed by atoms with E-state index in [9.17, 15) is 14.9 Å². The standard InChI is InChI=1S/C23H18N4O4/c28-23(11-10-17-5-3-7-20(13-17)27(29)30)25-18-6-4-8-21(14-18)31-16-19-15-26-12-2-1-9-22(26)24-19/h1-15H,16H2,(H,25,28)/b11-10+. The molecule has 0 spiro atoms. The molecule has 8 nitrogen and oxygen atoms in total. The summed E-state index contributed by atoms with van der Waals surface area (Å²) in [5, 5.41) is 13.6. The first-order valence-electron chi connectivity index (χ1n) is 9.46. The molecule has 4 rings (SSSR count). The van der Waals surface area contributed by atoms with Gasteiger partial charge in [-0.2, -0.15) is 0 Å². The molecule has 1 N–H and O–H groups in total. The molecule has 1 amide bonds. The summed E-state index contributed by atoms with van der Waals surface area (Å²) in [7, 11) is 0. The first-order chi connectivity index (χ1) is 15.1. The second kappa shape index (κ2) is 8.91. The molecule has 0 saturated carbocycles. The number of rotatable bonds is 7. The largest absolute Gasteiger partial charge is 0.487 e. The predicted octanol–water partition coefficient (Wildman–Crippen LogP) is 4.47. The Hall–Kier alpha value is -4.46. The molecule has 2 heterocycles. The number of non-ortho nitro benzene ring substituents is 1. The lowest BCUT2D eigenvalue weighted by Crippen LogP contribution is -2.07. The van der Waals surface area contributed by atoms with Crippen molar-refractivity contribution in [2.45, 2.75) is 6.61 Å². The molecule has 0 fully saturated rings. The van der Waals surface area contributed by atoms with E-state index in [4.69, 9.17) is 4.74 Å². The molecule has 2 aromatic carbocycles. The summed E-state index contributed by atoms with van der Waals surface area (Å²) in [5.74, 6) is 0.238. The molecule has 4 aromatic rings. The number of pyridine rings is 1. The van der Waals surface area contributed by atoms with Crippen LogP contribution < -0.4 is 10.1 Å². The van der Waals surface area contributed by atoms with Crippen LogP contribution >= 0.6 is 0 Å². The smallest absolute Gasteiger partial charge is 0.270 e. The Balaban J connectivity index is 1.37. The summed E-state index contributed by atoms with van der Waals surface area (Å²) in [6.07, 6.45) is 6.66. The molecular weight excluding hydrogens is 396 g/mol. The molecule has 0 radical (unpaired) electrons. The normalized spacial score (nSPS) is 11.0. The molecule has 0 aliphatic carbocycles. The van der Waals surface area contributed by atoms with Crippen LogP contribution in [0.1, 0.15) is 11.3 Å². The summed E-state index contributed by atoms with van der Waals surface area (Å²) < 4.78 is 7.72. The van der Waals surface area contributed by atoms with Gasteiger partial charge in [0.25, 0.3) is 5.69 Å². The number of nitrogens with zero attached hydrogens (tertiary/aromatic N) is 3. The van der Waals surface area contributed by atoms with E-state index >= 15 is 0 Å². The Kier molecular flexibility index (Phi) is 5.70. The highest BCUT2D eigenvalue weighted by molar-refractivity contribution is 6.02. The van der Waals surface area contributed by atoms with Crippen molar-refractivity contribution in [3.8, 4) is 5.75 Å². The number of nitrogens with one attached hydrogen (secondary N) is 1. The van der Waals surface area contributed by atoms with Crippen molar-refractivity contribution < 1.29 is 14.5 Å².